The van der Waals surface area contributed by atoms with Crippen molar-refractivity contribution in [2.45, 2.75) is 75.9 Å². The minimum absolute atomic E-state index is 0.0978. The molecule has 4 nitrogen and oxygen atoms in total. The van der Waals surface area contributed by atoms with E-state index in [1.54, 1.807) is 0 Å². The van der Waals surface area contributed by atoms with Crippen LogP contribution in [-0.4, -0.2) is 34.8 Å². The maximum atomic E-state index is 13.0. The Morgan fingerprint density at radius 3 is 2.23 bits per heavy atom. The number of nitrogens with one attached hydrogen (secondary N) is 1. The van der Waals surface area contributed by atoms with Crippen LogP contribution in [0.25, 0.3) is 0 Å². The van der Waals surface area contributed by atoms with Crippen molar-refractivity contribution in [3.05, 3.63) is 35.6 Å². The standard InChI is InChI=1S/C21H27FN2O2/c22-16-7-5-15(6-8-16)21(26)23-17-12-18-9-10-19(13-17)24(18)20(25)11-14-3-1-2-4-14/h5-8,14,17-19H,1-4,9-13H2,(H,23,26)/t17?,18-,19+. The Morgan fingerprint density at radius 2 is 1.62 bits per heavy atom. The van der Waals surface area contributed by atoms with E-state index in [1.165, 1.54) is 49.9 Å². The lowest BCUT2D eigenvalue weighted by Gasteiger charge is -2.39. The number of fused-ring (bicyclic) bond motifs is 2. The molecule has 1 aromatic carbocycles. The third-order valence-electron chi connectivity index (χ3n) is 6.40. The summed E-state index contributed by atoms with van der Waals surface area (Å²) in [4.78, 5) is 27.3. The van der Waals surface area contributed by atoms with Gasteiger partial charge in [-0.3, -0.25) is 9.59 Å². The van der Waals surface area contributed by atoms with E-state index in [2.05, 4.69) is 10.2 Å². The van der Waals surface area contributed by atoms with E-state index >= 15 is 0 Å². The summed E-state index contributed by atoms with van der Waals surface area (Å²) in [6.07, 6.45) is 9.40. The van der Waals surface area contributed by atoms with E-state index in [-0.39, 0.29) is 29.8 Å². The van der Waals surface area contributed by atoms with Gasteiger partial charge >= 0.3 is 0 Å². The highest BCUT2D eigenvalue weighted by molar-refractivity contribution is 5.94. The van der Waals surface area contributed by atoms with Crippen molar-refractivity contribution in [1.29, 1.82) is 0 Å². The summed E-state index contributed by atoms with van der Waals surface area (Å²) in [6.45, 7) is 0. The van der Waals surface area contributed by atoms with E-state index in [1.807, 2.05) is 0 Å². The molecule has 3 aliphatic rings. The Balaban J connectivity index is 1.34. The van der Waals surface area contributed by atoms with Crippen LogP contribution in [0.15, 0.2) is 24.3 Å². The van der Waals surface area contributed by atoms with E-state index < -0.39 is 0 Å². The first kappa shape index (κ1) is 17.5. The monoisotopic (exact) mass is 358 g/mol. The Morgan fingerprint density at radius 1 is 1.00 bits per heavy atom. The zero-order valence-corrected chi connectivity index (χ0v) is 15.1. The van der Waals surface area contributed by atoms with Gasteiger partial charge in [-0.2, -0.15) is 0 Å². The smallest absolute Gasteiger partial charge is 0.251 e. The molecule has 1 unspecified atom stereocenters. The topological polar surface area (TPSA) is 49.4 Å². The van der Waals surface area contributed by atoms with Crippen molar-refractivity contribution < 1.29 is 14.0 Å². The van der Waals surface area contributed by atoms with Crippen molar-refractivity contribution >= 4 is 11.8 Å². The molecule has 1 aromatic rings. The van der Waals surface area contributed by atoms with E-state index in [9.17, 15) is 14.0 Å². The highest BCUT2D eigenvalue weighted by Crippen LogP contribution is 2.38. The fraction of sp³-hybridized carbons (Fsp3) is 0.619. The van der Waals surface area contributed by atoms with Crippen LogP contribution in [0.5, 0.6) is 0 Å². The molecule has 2 aliphatic heterocycles. The number of carbonyl (C=O) groups excluding carboxylic acids is 2. The molecular formula is C21H27FN2O2. The third-order valence-corrected chi connectivity index (χ3v) is 6.40. The van der Waals surface area contributed by atoms with Gasteiger partial charge in [-0.05, 0) is 68.7 Å². The van der Waals surface area contributed by atoms with Crippen LogP contribution in [0.4, 0.5) is 4.39 Å². The maximum absolute atomic E-state index is 13.0. The van der Waals surface area contributed by atoms with Crippen LogP contribution >= 0.6 is 0 Å². The van der Waals surface area contributed by atoms with E-state index in [0.717, 1.165) is 25.7 Å². The minimum atomic E-state index is -0.339. The average Bonchev–Trinajstić information content (AvgIpc) is 3.21. The van der Waals surface area contributed by atoms with Gasteiger partial charge in [-0.15, -0.1) is 0 Å². The number of hydrogen-bond donors (Lipinski definition) is 1. The SMILES string of the molecule is O=C(NC1C[C@H]2CC[C@@H](C1)N2C(=O)CC1CCCC1)c1ccc(F)cc1. The lowest BCUT2D eigenvalue weighted by Crippen LogP contribution is -2.52. The predicted octanol–water partition coefficient (Wildman–Crippen LogP) is 3.66. The predicted molar refractivity (Wildman–Crippen MR) is 97.1 cm³/mol. The molecule has 1 N–H and O–H groups in total. The molecule has 2 saturated heterocycles. The lowest BCUT2D eigenvalue weighted by atomic mass is 9.95. The van der Waals surface area contributed by atoms with Crippen molar-refractivity contribution in [2.75, 3.05) is 0 Å². The van der Waals surface area contributed by atoms with Crippen molar-refractivity contribution in [1.82, 2.24) is 10.2 Å². The van der Waals surface area contributed by atoms with Gasteiger partial charge < -0.3 is 10.2 Å². The summed E-state index contributed by atoms with van der Waals surface area (Å²) in [5.74, 6) is 0.416. The fourth-order valence-electron chi connectivity index (χ4n) is 5.14. The Bertz CT molecular complexity index is 655. The van der Waals surface area contributed by atoms with Crippen molar-refractivity contribution in [2.24, 2.45) is 5.92 Å². The number of halogens is 1. The highest BCUT2D eigenvalue weighted by Gasteiger charge is 2.43. The summed E-state index contributed by atoms with van der Waals surface area (Å²) in [6, 6.07) is 6.27. The largest absolute Gasteiger partial charge is 0.349 e. The van der Waals surface area contributed by atoms with Crippen LogP contribution in [-0.2, 0) is 4.79 Å². The molecule has 26 heavy (non-hydrogen) atoms. The first-order valence-electron chi connectivity index (χ1n) is 9.98. The molecule has 0 aromatic heterocycles. The van der Waals surface area contributed by atoms with Gasteiger partial charge in [0.2, 0.25) is 5.91 Å². The summed E-state index contributed by atoms with van der Waals surface area (Å²) in [7, 11) is 0. The number of carbonyl (C=O) groups is 2. The van der Waals surface area contributed by atoms with Crippen molar-refractivity contribution in [3.8, 4) is 0 Å². The van der Waals surface area contributed by atoms with E-state index in [0.29, 0.717) is 23.8 Å². The molecule has 3 atom stereocenters. The van der Waals surface area contributed by atoms with Crippen LogP contribution in [0, 0.1) is 11.7 Å². The Hall–Kier alpha value is -1.91. The number of benzene rings is 1. The number of rotatable bonds is 4. The van der Waals surface area contributed by atoms with E-state index in [4.69, 9.17) is 0 Å². The maximum Gasteiger partial charge on any atom is 0.251 e. The number of nitrogens with zero attached hydrogens (tertiary/aromatic N) is 1. The molecule has 3 fully saturated rings. The first-order chi connectivity index (χ1) is 12.6. The number of amides is 2. The normalized spacial score (nSPS) is 28.3. The molecule has 140 valence electrons. The molecule has 2 amide bonds. The second kappa shape index (κ2) is 7.37. The summed E-state index contributed by atoms with van der Waals surface area (Å²) < 4.78 is 13.0. The highest BCUT2D eigenvalue weighted by atomic mass is 19.1. The quantitative estimate of drug-likeness (QED) is 0.893. The summed E-state index contributed by atoms with van der Waals surface area (Å²) in [5.41, 5.74) is 0.485. The molecule has 0 radical (unpaired) electrons. The first-order valence-corrected chi connectivity index (χ1v) is 9.98. The van der Waals surface area contributed by atoms with Gasteiger partial charge in [0.05, 0.1) is 0 Å². The summed E-state index contributed by atoms with van der Waals surface area (Å²) in [5, 5.41) is 3.09. The Labute approximate surface area is 154 Å². The van der Waals surface area contributed by atoms with Gasteiger partial charge in [0.15, 0.2) is 0 Å². The van der Waals surface area contributed by atoms with Gasteiger partial charge in [0.25, 0.3) is 5.91 Å². The van der Waals surface area contributed by atoms with Crippen LogP contribution < -0.4 is 5.32 Å². The number of hydrogen-bond acceptors (Lipinski definition) is 2. The molecule has 2 bridgehead atoms. The Kier molecular flexibility index (Phi) is 4.96. The minimum Gasteiger partial charge on any atom is -0.349 e. The zero-order chi connectivity index (χ0) is 18.1. The second-order valence-electron chi connectivity index (χ2n) is 8.19. The zero-order valence-electron chi connectivity index (χ0n) is 15.1. The third kappa shape index (κ3) is 3.62. The molecule has 0 spiro atoms. The van der Waals surface area contributed by atoms with Crippen LogP contribution in [0.3, 0.4) is 0 Å². The van der Waals surface area contributed by atoms with Gasteiger partial charge in [-0.1, -0.05) is 12.8 Å². The molecule has 1 saturated carbocycles. The number of piperidine rings is 1. The summed E-state index contributed by atoms with van der Waals surface area (Å²) >= 11 is 0. The fourth-order valence-corrected chi connectivity index (χ4v) is 5.14. The lowest BCUT2D eigenvalue weighted by molar-refractivity contribution is -0.136. The molecule has 1 aliphatic carbocycles. The molecule has 4 rings (SSSR count). The van der Waals surface area contributed by atoms with Crippen LogP contribution in [0.1, 0.15) is 68.1 Å². The second-order valence-corrected chi connectivity index (χ2v) is 8.19. The molecule has 2 heterocycles. The molecule has 5 heteroatoms. The van der Waals surface area contributed by atoms with Gasteiger partial charge in [0, 0.05) is 30.1 Å². The van der Waals surface area contributed by atoms with Gasteiger partial charge in [-0.25, -0.2) is 4.39 Å². The van der Waals surface area contributed by atoms with Crippen molar-refractivity contribution in [3.63, 3.8) is 0 Å². The van der Waals surface area contributed by atoms with Gasteiger partial charge in [0.1, 0.15) is 5.82 Å². The average molecular weight is 358 g/mol. The molecular weight excluding hydrogens is 331 g/mol. The van der Waals surface area contributed by atoms with Crippen LogP contribution in [0.2, 0.25) is 0 Å².